The Morgan fingerprint density at radius 1 is 0.441 bits per heavy atom. The minimum absolute atomic E-state index is 0.628. The number of fused-ring (bicyclic) bond motifs is 7. The van der Waals surface area contributed by atoms with E-state index in [1.54, 1.807) is 11.3 Å². The van der Waals surface area contributed by atoms with Crippen molar-refractivity contribution >= 4 is 64.3 Å². The zero-order valence-electron chi connectivity index (χ0n) is 31.6. The number of benzene rings is 8. The van der Waals surface area contributed by atoms with E-state index in [1.807, 2.05) is 18.2 Å². The van der Waals surface area contributed by atoms with E-state index in [0.717, 1.165) is 83.1 Å². The second kappa shape index (κ2) is 13.4. The van der Waals surface area contributed by atoms with Crippen LogP contribution in [0, 0.1) is 0 Å². The molecule has 7 heteroatoms. The van der Waals surface area contributed by atoms with Crippen molar-refractivity contribution in [3.8, 4) is 56.9 Å². The molecule has 0 atom stereocenters. The third-order valence-electron chi connectivity index (χ3n) is 11.3. The van der Waals surface area contributed by atoms with Crippen LogP contribution in [0.2, 0.25) is 0 Å². The molecule has 0 aliphatic heterocycles. The lowest BCUT2D eigenvalue weighted by Gasteiger charge is -2.11. The first-order valence-electron chi connectivity index (χ1n) is 19.7. The normalized spacial score (nSPS) is 11.7. The molecule has 0 aliphatic rings. The summed E-state index contributed by atoms with van der Waals surface area (Å²) in [5.41, 5.74) is 10.6. The van der Waals surface area contributed by atoms with Crippen molar-refractivity contribution in [2.24, 2.45) is 0 Å². The second-order valence-corrected chi connectivity index (χ2v) is 15.8. The molecule has 0 radical (unpaired) electrons. The van der Waals surface area contributed by atoms with E-state index in [-0.39, 0.29) is 0 Å². The Morgan fingerprint density at radius 3 is 1.76 bits per heavy atom. The van der Waals surface area contributed by atoms with Gasteiger partial charge in [-0.2, -0.15) is 4.57 Å². The molecule has 6 nitrogen and oxygen atoms in total. The van der Waals surface area contributed by atoms with Crippen molar-refractivity contribution in [2.75, 3.05) is 0 Å². The third-order valence-corrected chi connectivity index (χ3v) is 12.4. The quantitative estimate of drug-likeness (QED) is 0.171. The lowest BCUT2D eigenvalue weighted by atomic mass is 10.0. The smallest absolute Gasteiger partial charge is 0.293 e. The SMILES string of the molecule is c1ccc(-c2nc(-c3cccc4sc5cccc(-c6[nH]c7ccccc7[n+]6-c6ccccc6)c5c34)nc(-c3cccc4c3c3ccccc3n4-c3ccccc3)n2)cc1. The van der Waals surface area contributed by atoms with Gasteiger partial charge in [-0.1, -0.05) is 127 Å². The molecule has 8 aromatic carbocycles. The summed E-state index contributed by atoms with van der Waals surface area (Å²) in [7, 11) is 0. The van der Waals surface area contributed by atoms with E-state index < -0.39 is 0 Å². The van der Waals surface area contributed by atoms with Crippen LogP contribution in [0.4, 0.5) is 0 Å². The molecule has 12 rings (SSSR count). The van der Waals surface area contributed by atoms with Crippen LogP contribution in [0.25, 0.3) is 110 Å². The number of rotatable bonds is 6. The van der Waals surface area contributed by atoms with Crippen LogP contribution in [0.1, 0.15) is 0 Å². The second-order valence-electron chi connectivity index (χ2n) is 14.7. The van der Waals surface area contributed by atoms with Gasteiger partial charge in [0.1, 0.15) is 5.69 Å². The highest BCUT2D eigenvalue weighted by atomic mass is 32.1. The molecule has 4 aromatic heterocycles. The van der Waals surface area contributed by atoms with Crippen LogP contribution < -0.4 is 4.57 Å². The number of hydrogen-bond donors (Lipinski definition) is 1. The average Bonchev–Trinajstić information content (AvgIpc) is 4.00. The molecule has 59 heavy (non-hydrogen) atoms. The number of thiophene rings is 1. The highest BCUT2D eigenvalue weighted by Gasteiger charge is 2.27. The van der Waals surface area contributed by atoms with Crippen LogP contribution in [0.15, 0.2) is 194 Å². The van der Waals surface area contributed by atoms with Crippen LogP contribution >= 0.6 is 11.3 Å². The first-order chi connectivity index (χ1) is 29.3. The molecule has 0 saturated heterocycles. The minimum Gasteiger partial charge on any atom is -0.309 e. The van der Waals surface area contributed by atoms with Gasteiger partial charge in [-0.3, -0.25) is 0 Å². The van der Waals surface area contributed by atoms with Crippen molar-refractivity contribution in [1.82, 2.24) is 24.5 Å². The zero-order valence-corrected chi connectivity index (χ0v) is 32.4. The van der Waals surface area contributed by atoms with Gasteiger partial charge in [-0.25, -0.2) is 19.9 Å². The summed E-state index contributed by atoms with van der Waals surface area (Å²) >= 11 is 1.80. The summed E-state index contributed by atoms with van der Waals surface area (Å²) in [6.45, 7) is 0. The molecule has 0 saturated carbocycles. The molecule has 0 aliphatic carbocycles. The topological polar surface area (TPSA) is 63.3 Å². The molecular formula is C52H33N6S+. The van der Waals surface area contributed by atoms with Gasteiger partial charge in [0.05, 0.1) is 16.6 Å². The van der Waals surface area contributed by atoms with Crippen LogP contribution in [-0.4, -0.2) is 24.5 Å². The van der Waals surface area contributed by atoms with Crippen molar-refractivity contribution < 1.29 is 4.57 Å². The summed E-state index contributed by atoms with van der Waals surface area (Å²) in [6, 6.07) is 68.0. The Hall–Kier alpha value is -7.74. The summed E-state index contributed by atoms with van der Waals surface area (Å²) in [5, 5.41) is 4.53. The fourth-order valence-corrected chi connectivity index (χ4v) is 9.91. The number of aromatic nitrogens is 6. The fourth-order valence-electron chi connectivity index (χ4n) is 8.76. The largest absolute Gasteiger partial charge is 0.309 e. The molecule has 0 fully saturated rings. The highest BCUT2D eigenvalue weighted by molar-refractivity contribution is 7.26. The molecule has 12 aromatic rings. The van der Waals surface area contributed by atoms with Crippen molar-refractivity contribution in [3.63, 3.8) is 0 Å². The molecule has 0 spiro atoms. The monoisotopic (exact) mass is 773 g/mol. The van der Waals surface area contributed by atoms with Gasteiger partial charge in [0.2, 0.25) is 0 Å². The van der Waals surface area contributed by atoms with Gasteiger partial charge < -0.3 is 4.57 Å². The Kier molecular flexibility index (Phi) is 7.61. The van der Waals surface area contributed by atoms with Crippen molar-refractivity contribution in [1.29, 1.82) is 0 Å². The van der Waals surface area contributed by atoms with Gasteiger partial charge in [0.15, 0.2) is 28.5 Å². The van der Waals surface area contributed by atoms with Crippen LogP contribution in [-0.2, 0) is 0 Å². The van der Waals surface area contributed by atoms with E-state index in [2.05, 4.69) is 190 Å². The summed E-state index contributed by atoms with van der Waals surface area (Å²) in [4.78, 5) is 19.8. The Morgan fingerprint density at radius 2 is 1.00 bits per heavy atom. The first kappa shape index (κ1) is 33.4. The standard InChI is InChI=1S/C52H32N6S/c1-4-17-33(18-5-1)49-54-50(37-24-14-30-43-46(37)36-23-10-12-28-41(36)57(43)34-19-6-2-7-20-34)56-51(55-49)38-25-15-31-44-47(38)48-39(26-16-32-45(48)59-44)52-53-40-27-11-13-29-42(40)58(52)35-21-8-3-9-22-35/h1-32H/p+1. The summed E-state index contributed by atoms with van der Waals surface area (Å²) < 4.78 is 7.03. The minimum atomic E-state index is 0.628. The van der Waals surface area contributed by atoms with E-state index in [1.165, 1.54) is 9.40 Å². The van der Waals surface area contributed by atoms with Gasteiger partial charge in [-0.05, 0) is 66.7 Å². The van der Waals surface area contributed by atoms with Gasteiger partial charge in [0, 0.05) is 53.3 Å². The van der Waals surface area contributed by atoms with Crippen molar-refractivity contribution in [3.05, 3.63) is 194 Å². The number of imidazole rings is 1. The number of nitrogens with zero attached hydrogens (tertiary/aromatic N) is 5. The molecule has 1 N–H and O–H groups in total. The summed E-state index contributed by atoms with van der Waals surface area (Å²) in [5.74, 6) is 2.90. The average molecular weight is 774 g/mol. The van der Waals surface area contributed by atoms with E-state index in [9.17, 15) is 0 Å². The molecule has 0 bridgehead atoms. The van der Waals surface area contributed by atoms with Gasteiger partial charge in [-0.15, -0.1) is 11.3 Å². The molecule has 276 valence electrons. The predicted octanol–water partition coefficient (Wildman–Crippen LogP) is 12.8. The number of nitrogens with one attached hydrogen (secondary N) is 1. The molecule has 0 amide bonds. The van der Waals surface area contributed by atoms with E-state index in [4.69, 9.17) is 15.0 Å². The number of para-hydroxylation sites is 5. The Bertz CT molecular complexity index is 3550. The van der Waals surface area contributed by atoms with E-state index >= 15 is 0 Å². The number of H-pyrrole nitrogens is 1. The maximum atomic E-state index is 5.44. The highest BCUT2D eigenvalue weighted by Crippen LogP contribution is 2.44. The fraction of sp³-hybridized carbons (Fsp3) is 0. The van der Waals surface area contributed by atoms with Crippen molar-refractivity contribution in [2.45, 2.75) is 0 Å². The summed E-state index contributed by atoms with van der Waals surface area (Å²) in [6.07, 6.45) is 0. The van der Waals surface area contributed by atoms with Gasteiger partial charge >= 0.3 is 0 Å². The maximum absolute atomic E-state index is 5.44. The lowest BCUT2D eigenvalue weighted by molar-refractivity contribution is -0.554. The number of aromatic amines is 1. The third kappa shape index (κ3) is 5.33. The zero-order chi connectivity index (χ0) is 38.9. The molecular weight excluding hydrogens is 741 g/mol. The number of hydrogen-bond acceptors (Lipinski definition) is 4. The van der Waals surface area contributed by atoms with E-state index in [0.29, 0.717) is 17.5 Å². The molecule has 4 heterocycles. The Labute approximate surface area is 343 Å². The first-order valence-corrected chi connectivity index (χ1v) is 20.5. The molecule has 0 unspecified atom stereocenters. The maximum Gasteiger partial charge on any atom is 0.293 e. The Balaban J connectivity index is 1.14. The van der Waals surface area contributed by atoms with Crippen LogP contribution in [0.3, 0.4) is 0 Å². The predicted molar refractivity (Wildman–Crippen MR) is 242 cm³/mol. The lowest BCUT2D eigenvalue weighted by Crippen LogP contribution is -2.31. The van der Waals surface area contributed by atoms with Crippen LogP contribution in [0.5, 0.6) is 0 Å². The van der Waals surface area contributed by atoms with Gasteiger partial charge in [0.25, 0.3) is 5.82 Å².